The van der Waals surface area contributed by atoms with Crippen LogP contribution in [0.25, 0.3) is 5.69 Å². The Morgan fingerprint density at radius 3 is 2.59 bits per heavy atom. The largest absolute Gasteiger partial charge is 0.396 e. The number of halogens is 1. The van der Waals surface area contributed by atoms with Gasteiger partial charge in [-0.05, 0) is 36.1 Å². The Morgan fingerprint density at radius 2 is 1.93 bits per heavy atom. The van der Waals surface area contributed by atoms with Crippen LogP contribution in [-0.2, 0) is 6.54 Å². The molecule has 6 heteroatoms. The molecule has 27 heavy (non-hydrogen) atoms. The minimum Gasteiger partial charge on any atom is -0.396 e. The average Bonchev–Trinajstić information content (AvgIpc) is 3.05. The highest BCUT2D eigenvalue weighted by atomic mass is 19.1. The molecule has 0 saturated carbocycles. The van der Waals surface area contributed by atoms with Gasteiger partial charge in [0, 0.05) is 57.1 Å². The van der Waals surface area contributed by atoms with Gasteiger partial charge in [-0.3, -0.25) is 9.80 Å². The second kappa shape index (κ2) is 8.50. The normalized spacial score (nSPS) is 19.5. The summed E-state index contributed by atoms with van der Waals surface area (Å²) in [5, 5.41) is 13.9. The topological polar surface area (TPSA) is 44.5 Å². The maximum atomic E-state index is 13.1. The maximum absolute atomic E-state index is 13.1. The third-order valence-corrected chi connectivity index (χ3v) is 4.96. The van der Waals surface area contributed by atoms with E-state index in [-0.39, 0.29) is 17.8 Å². The summed E-state index contributed by atoms with van der Waals surface area (Å²) in [6.07, 6.45) is 4.70. The predicted octanol–water partition coefficient (Wildman–Crippen LogP) is 2.93. The Morgan fingerprint density at radius 1 is 1.19 bits per heavy atom. The molecule has 1 aromatic heterocycles. The monoisotopic (exact) mass is 374 g/mol. The second-order valence-electron chi connectivity index (χ2n) is 8.70. The Balaban J connectivity index is 1.62. The van der Waals surface area contributed by atoms with Crippen molar-refractivity contribution in [3.63, 3.8) is 0 Å². The summed E-state index contributed by atoms with van der Waals surface area (Å²) in [5.74, 6) is -0.241. The SMILES string of the molecule is CC(C)(C)CN1CCN(Cc2cnn(-c3ccc(F)cc3)c2)CC1CCO. The zero-order valence-electron chi connectivity index (χ0n) is 16.6. The molecule has 0 aliphatic carbocycles. The highest BCUT2D eigenvalue weighted by Crippen LogP contribution is 2.22. The van der Waals surface area contributed by atoms with Crippen LogP contribution in [0.1, 0.15) is 32.8 Å². The number of hydrogen-bond acceptors (Lipinski definition) is 4. The van der Waals surface area contributed by atoms with Gasteiger partial charge in [-0.1, -0.05) is 20.8 Å². The van der Waals surface area contributed by atoms with Gasteiger partial charge in [0.2, 0.25) is 0 Å². The molecule has 2 aromatic rings. The lowest BCUT2D eigenvalue weighted by molar-refractivity contribution is 0.0340. The molecule has 1 aromatic carbocycles. The van der Waals surface area contributed by atoms with E-state index in [9.17, 15) is 9.50 Å². The number of aliphatic hydroxyl groups is 1. The number of piperazine rings is 1. The van der Waals surface area contributed by atoms with Crippen molar-refractivity contribution in [3.8, 4) is 5.69 Å². The van der Waals surface area contributed by atoms with Crippen LogP contribution in [0.3, 0.4) is 0 Å². The van der Waals surface area contributed by atoms with E-state index in [1.54, 1.807) is 16.8 Å². The molecule has 3 rings (SSSR count). The molecule has 1 atom stereocenters. The summed E-state index contributed by atoms with van der Waals surface area (Å²) in [4.78, 5) is 4.96. The van der Waals surface area contributed by atoms with E-state index >= 15 is 0 Å². The zero-order chi connectivity index (χ0) is 19.4. The number of benzene rings is 1. The van der Waals surface area contributed by atoms with Crippen molar-refractivity contribution in [1.82, 2.24) is 19.6 Å². The molecule has 1 aliphatic heterocycles. The van der Waals surface area contributed by atoms with Crippen molar-refractivity contribution >= 4 is 0 Å². The van der Waals surface area contributed by atoms with E-state index in [1.165, 1.54) is 12.1 Å². The molecule has 0 spiro atoms. The summed E-state index contributed by atoms with van der Waals surface area (Å²) in [5.41, 5.74) is 2.26. The van der Waals surface area contributed by atoms with Gasteiger partial charge in [0.15, 0.2) is 0 Å². The third kappa shape index (κ3) is 5.61. The summed E-state index contributed by atoms with van der Waals surface area (Å²) in [6.45, 7) is 11.9. The highest BCUT2D eigenvalue weighted by molar-refractivity contribution is 5.31. The van der Waals surface area contributed by atoms with Gasteiger partial charge in [-0.15, -0.1) is 0 Å². The molecule has 148 valence electrons. The average molecular weight is 375 g/mol. The van der Waals surface area contributed by atoms with Gasteiger partial charge < -0.3 is 5.11 Å². The van der Waals surface area contributed by atoms with Crippen LogP contribution < -0.4 is 0 Å². The van der Waals surface area contributed by atoms with E-state index in [2.05, 4.69) is 35.7 Å². The number of aliphatic hydroxyl groups excluding tert-OH is 1. The molecule has 2 heterocycles. The lowest BCUT2D eigenvalue weighted by Gasteiger charge is -2.43. The molecular weight excluding hydrogens is 343 g/mol. The van der Waals surface area contributed by atoms with E-state index in [0.29, 0.717) is 6.04 Å². The smallest absolute Gasteiger partial charge is 0.123 e. The quantitative estimate of drug-likeness (QED) is 0.844. The standard InChI is InChI=1S/C21H31FN4O/c1-21(2,3)16-25-10-9-24(15-20(25)8-11-27)13-17-12-23-26(14-17)19-6-4-18(22)5-7-19/h4-7,12,14,20,27H,8-11,13,15-16H2,1-3H3. The maximum Gasteiger partial charge on any atom is 0.123 e. The van der Waals surface area contributed by atoms with Crippen LogP contribution in [0.4, 0.5) is 4.39 Å². The first-order valence-electron chi connectivity index (χ1n) is 9.71. The first-order valence-corrected chi connectivity index (χ1v) is 9.71. The van der Waals surface area contributed by atoms with Crippen LogP contribution in [0.15, 0.2) is 36.7 Å². The van der Waals surface area contributed by atoms with Crippen molar-refractivity contribution < 1.29 is 9.50 Å². The van der Waals surface area contributed by atoms with Crippen LogP contribution in [0.5, 0.6) is 0 Å². The lowest BCUT2D eigenvalue weighted by atomic mass is 9.94. The lowest BCUT2D eigenvalue weighted by Crippen LogP contribution is -2.54. The van der Waals surface area contributed by atoms with Gasteiger partial charge in [0.25, 0.3) is 0 Å². The Labute approximate surface area is 161 Å². The van der Waals surface area contributed by atoms with E-state index < -0.39 is 0 Å². The summed E-state index contributed by atoms with van der Waals surface area (Å²) in [6, 6.07) is 6.74. The van der Waals surface area contributed by atoms with Crippen molar-refractivity contribution in [2.24, 2.45) is 5.41 Å². The molecular formula is C21H31FN4O. The summed E-state index contributed by atoms with van der Waals surface area (Å²) >= 11 is 0. The van der Waals surface area contributed by atoms with Crippen LogP contribution in [0, 0.1) is 11.2 Å². The van der Waals surface area contributed by atoms with Gasteiger partial charge in [0.1, 0.15) is 5.82 Å². The molecule has 1 saturated heterocycles. The number of aromatic nitrogens is 2. The Kier molecular flexibility index (Phi) is 6.29. The molecule has 5 nitrogen and oxygen atoms in total. The number of hydrogen-bond donors (Lipinski definition) is 1. The number of nitrogens with zero attached hydrogens (tertiary/aromatic N) is 4. The Bertz CT molecular complexity index is 723. The molecule has 0 radical (unpaired) electrons. The molecule has 1 N–H and O–H groups in total. The van der Waals surface area contributed by atoms with Crippen LogP contribution in [-0.4, -0.2) is 63.5 Å². The van der Waals surface area contributed by atoms with E-state index in [4.69, 9.17) is 0 Å². The molecule has 1 unspecified atom stereocenters. The number of rotatable bonds is 6. The fourth-order valence-corrected chi connectivity index (χ4v) is 3.78. The minimum absolute atomic E-state index is 0.224. The first-order chi connectivity index (χ1) is 12.8. The van der Waals surface area contributed by atoms with E-state index in [1.807, 2.05) is 12.4 Å². The molecule has 0 amide bonds. The molecule has 1 fully saturated rings. The van der Waals surface area contributed by atoms with Crippen LogP contribution in [0.2, 0.25) is 0 Å². The first kappa shape index (κ1) is 20.0. The fourth-order valence-electron chi connectivity index (χ4n) is 3.78. The van der Waals surface area contributed by atoms with Crippen LogP contribution >= 0.6 is 0 Å². The highest BCUT2D eigenvalue weighted by Gasteiger charge is 2.29. The summed E-state index contributed by atoms with van der Waals surface area (Å²) in [7, 11) is 0. The van der Waals surface area contributed by atoms with Gasteiger partial charge in [-0.2, -0.15) is 5.10 Å². The van der Waals surface area contributed by atoms with Gasteiger partial charge in [0.05, 0.1) is 11.9 Å². The minimum atomic E-state index is -0.241. The summed E-state index contributed by atoms with van der Waals surface area (Å²) < 4.78 is 14.9. The van der Waals surface area contributed by atoms with Gasteiger partial charge >= 0.3 is 0 Å². The fraction of sp³-hybridized carbons (Fsp3) is 0.571. The van der Waals surface area contributed by atoms with E-state index in [0.717, 1.165) is 50.4 Å². The van der Waals surface area contributed by atoms with Crippen molar-refractivity contribution in [3.05, 3.63) is 48.0 Å². The van der Waals surface area contributed by atoms with Crippen molar-refractivity contribution in [1.29, 1.82) is 0 Å². The Hall–Kier alpha value is -1.76. The zero-order valence-corrected chi connectivity index (χ0v) is 16.6. The molecule has 0 bridgehead atoms. The molecule has 1 aliphatic rings. The predicted molar refractivity (Wildman–Crippen MR) is 105 cm³/mol. The third-order valence-electron chi connectivity index (χ3n) is 4.96. The second-order valence-corrected chi connectivity index (χ2v) is 8.70. The van der Waals surface area contributed by atoms with Crippen molar-refractivity contribution in [2.75, 3.05) is 32.8 Å². The van der Waals surface area contributed by atoms with Crippen molar-refractivity contribution in [2.45, 2.75) is 39.8 Å². The van der Waals surface area contributed by atoms with Gasteiger partial charge in [-0.25, -0.2) is 9.07 Å².